The highest BCUT2D eigenvalue weighted by molar-refractivity contribution is 8.46. The third-order valence-corrected chi connectivity index (χ3v) is 3.80. The third-order valence-electron chi connectivity index (χ3n) is 2.04. The molecule has 2 unspecified atom stereocenters. The lowest BCUT2D eigenvalue weighted by atomic mass is 10.2. The van der Waals surface area contributed by atoms with Crippen molar-refractivity contribution in [1.29, 1.82) is 0 Å². The van der Waals surface area contributed by atoms with Crippen molar-refractivity contribution < 1.29 is 24.2 Å². The van der Waals surface area contributed by atoms with Gasteiger partial charge >= 0.3 is 0 Å². The molecule has 0 aliphatic rings. The van der Waals surface area contributed by atoms with Gasteiger partial charge in [0.15, 0.2) is 0 Å². The molecule has 7 heteroatoms. The Kier molecular flexibility index (Phi) is 3.22. The van der Waals surface area contributed by atoms with Gasteiger partial charge in [-0.2, -0.15) is 0 Å². The molecular formula is C7H15F5OS. The van der Waals surface area contributed by atoms with Crippen LogP contribution in [0.5, 0.6) is 0 Å². The second-order valence-corrected chi connectivity index (χ2v) is 5.96. The minimum atomic E-state index is -9.42. The lowest BCUT2D eigenvalue weighted by molar-refractivity contribution is 0.0984. The first-order valence-corrected chi connectivity index (χ1v) is 6.19. The van der Waals surface area contributed by atoms with Crippen molar-refractivity contribution in [2.45, 2.75) is 38.0 Å². The summed E-state index contributed by atoms with van der Waals surface area (Å²) in [5.74, 6) is 0. The predicted molar refractivity (Wildman–Crippen MR) is 48.3 cm³/mol. The number of hydrogen-bond donors (Lipinski definition) is 0. The van der Waals surface area contributed by atoms with Crippen molar-refractivity contribution >= 4 is 10.2 Å². The molecule has 0 saturated carbocycles. The van der Waals surface area contributed by atoms with E-state index in [1.165, 1.54) is 6.92 Å². The van der Waals surface area contributed by atoms with E-state index in [4.69, 9.17) is 0 Å². The van der Waals surface area contributed by atoms with Crippen LogP contribution in [0.1, 0.15) is 26.7 Å². The zero-order valence-corrected chi connectivity index (χ0v) is 9.09. The molecular weight excluding hydrogens is 227 g/mol. The fraction of sp³-hybridized carbons (Fsp3) is 1.00. The van der Waals surface area contributed by atoms with Crippen molar-refractivity contribution in [1.82, 2.24) is 0 Å². The minimum absolute atomic E-state index is 0.0456. The van der Waals surface area contributed by atoms with E-state index in [1.54, 1.807) is 0 Å². The quantitative estimate of drug-likeness (QED) is 0.645. The largest absolute Gasteiger partial charge is 0.380 e. The van der Waals surface area contributed by atoms with Crippen LogP contribution in [0.4, 0.5) is 19.4 Å². The van der Waals surface area contributed by atoms with Gasteiger partial charge in [-0.25, -0.2) is 0 Å². The van der Waals surface area contributed by atoms with Gasteiger partial charge in [0.2, 0.25) is 0 Å². The average molecular weight is 242 g/mol. The first-order valence-electron chi connectivity index (χ1n) is 4.18. The lowest BCUT2D eigenvalue weighted by Crippen LogP contribution is -2.36. The second kappa shape index (κ2) is 3.23. The molecule has 0 aliphatic carbocycles. The molecule has 0 rings (SSSR count). The highest BCUT2D eigenvalue weighted by Gasteiger charge is 2.70. The Morgan fingerprint density at radius 2 is 1.57 bits per heavy atom. The SMILES string of the molecule is CCCC(C(C)OC)S(F)(F)(F)(F)F. The molecule has 2 atom stereocenters. The molecule has 0 aromatic heterocycles. The summed E-state index contributed by atoms with van der Waals surface area (Å²) in [7, 11) is -8.42. The van der Waals surface area contributed by atoms with Crippen LogP contribution in [0, 0.1) is 0 Å². The maximum Gasteiger partial charge on any atom is 0.290 e. The summed E-state index contributed by atoms with van der Waals surface area (Å²) in [4.78, 5) is 0. The highest BCUT2D eigenvalue weighted by Crippen LogP contribution is 3.01. The van der Waals surface area contributed by atoms with Crippen LogP contribution in [0.25, 0.3) is 0 Å². The van der Waals surface area contributed by atoms with Gasteiger partial charge in [-0.3, -0.25) is 0 Å². The third kappa shape index (κ3) is 4.00. The number of methoxy groups -OCH3 is 1. The molecule has 1 nitrogen and oxygen atoms in total. The van der Waals surface area contributed by atoms with E-state index in [2.05, 4.69) is 4.74 Å². The zero-order valence-electron chi connectivity index (χ0n) is 8.28. The van der Waals surface area contributed by atoms with Crippen molar-refractivity contribution in [3.8, 4) is 0 Å². The van der Waals surface area contributed by atoms with Crippen LogP contribution in [-0.4, -0.2) is 18.5 Å². The molecule has 0 saturated heterocycles. The Hall–Kier alpha value is -0.0400. The molecule has 0 N–H and O–H groups in total. The smallest absolute Gasteiger partial charge is 0.290 e. The second-order valence-electron chi connectivity index (χ2n) is 3.30. The first kappa shape index (κ1) is 14.0. The summed E-state index contributed by atoms with van der Waals surface area (Å²) in [5.41, 5.74) is 0. The maximum atomic E-state index is 12.4. The fourth-order valence-corrected chi connectivity index (χ4v) is 2.77. The summed E-state index contributed by atoms with van der Waals surface area (Å²) in [6.45, 7) is 2.44. The molecule has 0 radical (unpaired) electrons. The van der Waals surface area contributed by atoms with E-state index in [0.717, 1.165) is 14.0 Å². The summed E-state index contributed by atoms with van der Waals surface area (Å²) >= 11 is 0. The Balaban J connectivity index is 5.04. The van der Waals surface area contributed by atoms with Crippen molar-refractivity contribution in [2.24, 2.45) is 0 Å². The molecule has 0 heterocycles. The van der Waals surface area contributed by atoms with E-state index in [9.17, 15) is 19.4 Å². The molecule has 0 amide bonds. The highest BCUT2D eigenvalue weighted by atomic mass is 32.5. The van der Waals surface area contributed by atoms with Gasteiger partial charge in [0.25, 0.3) is 10.2 Å². The number of halogens is 5. The molecule has 0 bridgehead atoms. The van der Waals surface area contributed by atoms with E-state index in [1.807, 2.05) is 0 Å². The van der Waals surface area contributed by atoms with Gasteiger partial charge < -0.3 is 4.74 Å². The predicted octanol–water partition coefficient (Wildman–Crippen LogP) is 4.49. The molecule has 90 valence electrons. The van der Waals surface area contributed by atoms with E-state index < -0.39 is 28.0 Å². The summed E-state index contributed by atoms with van der Waals surface area (Å²) in [5, 5.41) is -2.65. The Bertz CT molecular complexity index is 197. The van der Waals surface area contributed by atoms with E-state index >= 15 is 0 Å². The Labute approximate surface area is 80.3 Å². The van der Waals surface area contributed by atoms with Crippen LogP contribution in [0.15, 0.2) is 0 Å². The lowest BCUT2D eigenvalue weighted by Gasteiger charge is -2.48. The van der Waals surface area contributed by atoms with Gasteiger partial charge in [-0.1, -0.05) is 32.8 Å². The summed E-state index contributed by atoms with van der Waals surface area (Å²) in [6, 6.07) is 0. The standard InChI is InChI=1S/C7H15F5OS/c1-4-5-7(6(2)13-3)14(8,9,10,11)12/h6-7H,4-5H2,1-3H3. The van der Waals surface area contributed by atoms with Crippen LogP contribution < -0.4 is 0 Å². The van der Waals surface area contributed by atoms with Gasteiger partial charge in [-0.15, -0.1) is 0 Å². The van der Waals surface area contributed by atoms with Crippen LogP contribution >= 0.6 is 10.2 Å². The Morgan fingerprint density at radius 3 is 1.79 bits per heavy atom. The van der Waals surface area contributed by atoms with E-state index in [-0.39, 0.29) is 6.42 Å². The van der Waals surface area contributed by atoms with Gasteiger partial charge in [-0.05, 0) is 13.3 Å². The summed E-state index contributed by atoms with van der Waals surface area (Å²) in [6.07, 6.45) is -2.07. The Morgan fingerprint density at radius 1 is 1.14 bits per heavy atom. The zero-order chi connectivity index (χ0) is 11.7. The van der Waals surface area contributed by atoms with Crippen molar-refractivity contribution in [3.63, 3.8) is 0 Å². The van der Waals surface area contributed by atoms with Gasteiger partial charge in [0, 0.05) is 7.11 Å². The van der Waals surface area contributed by atoms with Crippen LogP contribution in [0.2, 0.25) is 0 Å². The summed E-state index contributed by atoms with van der Waals surface area (Å²) < 4.78 is 66.5. The topological polar surface area (TPSA) is 9.23 Å². The minimum Gasteiger partial charge on any atom is -0.380 e. The average Bonchev–Trinajstić information content (AvgIpc) is 1.94. The van der Waals surface area contributed by atoms with Gasteiger partial charge in [0.1, 0.15) is 5.25 Å². The van der Waals surface area contributed by atoms with Crippen molar-refractivity contribution in [2.75, 3.05) is 7.11 Å². The fourth-order valence-electron chi connectivity index (χ4n) is 1.26. The van der Waals surface area contributed by atoms with Crippen LogP contribution in [0.3, 0.4) is 0 Å². The number of hydrogen-bond acceptors (Lipinski definition) is 1. The van der Waals surface area contributed by atoms with Crippen LogP contribution in [-0.2, 0) is 4.74 Å². The van der Waals surface area contributed by atoms with Crippen molar-refractivity contribution in [3.05, 3.63) is 0 Å². The normalized spacial score (nSPS) is 22.3. The molecule has 0 aromatic carbocycles. The molecule has 0 spiro atoms. The number of rotatable bonds is 5. The molecule has 0 aliphatic heterocycles. The first-order chi connectivity index (χ1) is 5.92. The maximum absolute atomic E-state index is 12.4. The molecule has 14 heavy (non-hydrogen) atoms. The monoisotopic (exact) mass is 242 g/mol. The van der Waals surface area contributed by atoms with E-state index in [0.29, 0.717) is 0 Å². The van der Waals surface area contributed by atoms with Gasteiger partial charge in [0.05, 0.1) is 6.10 Å². The molecule has 0 aromatic rings. The molecule has 0 fully saturated rings. The number of ether oxygens (including phenoxy) is 1.